The molecule has 0 spiro atoms. The van der Waals surface area contributed by atoms with E-state index in [1.54, 1.807) is 24.5 Å². The molecule has 3 aromatic rings. The number of halogens is 1. The zero-order valence-corrected chi connectivity index (χ0v) is 15.1. The van der Waals surface area contributed by atoms with Crippen LogP contribution < -0.4 is 10.6 Å². The van der Waals surface area contributed by atoms with Crippen LogP contribution in [0.3, 0.4) is 0 Å². The van der Waals surface area contributed by atoms with Gasteiger partial charge in [-0.1, -0.05) is 11.6 Å². The van der Waals surface area contributed by atoms with Crippen molar-refractivity contribution in [3.8, 4) is 0 Å². The first-order valence-corrected chi connectivity index (χ1v) is 8.36. The summed E-state index contributed by atoms with van der Waals surface area (Å²) in [5, 5.41) is 6.07. The fourth-order valence-corrected chi connectivity index (χ4v) is 2.48. The molecule has 0 aliphatic heterocycles. The minimum absolute atomic E-state index is 0.285. The van der Waals surface area contributed by atoms with Gasteiger partial charge in [0.1, 0.15) is 11.6 Å². The van der Waals surface area contributed by atoms with Crippen LogP contribution in [-0.4, -0.2) is 24.0 Å². The number of ether oxygens (including phenoxy) is 1. The van der Waals surface area contributed by atoms with Gasteiger partial charge in [-0.2, -0.15) is 0 Å². The van der Waals surface area contributed by atoms with Crippen molar-refractivity contribution >= 4 is 35.0 Å². The number of carbonyl (C=O) groups is 2. The van der Waals surface area contributed by atoms with Crippen LogP contribution >= 0.6 is 11.6 Å². The summed E-state index contributed by atoms with van der Waals surface area (Å²) in [6.45, 7) is 0.443. The van der Waals surface area contributed by atoms with Crippen LogP contribution in [0, 0.1) is 0 Å². The van der Waals surface area contributed by atoms with Crippen LogP contribution in [0.5, 0.6) is 0 Å². The third kappa shape index (κ3) is 4.65. The average Bonchev–Trinajstić information content (AvgIpc) is 3.21. The quantitative estimate of drug-likeness (QED) is 0.623. The number of rotatable bonds is 6. The maximum atomic E-state index is 12.5. The van der Waals surface area contributed by atoms with E-state index in [0.29, 0.717) is 28.6 Å². The van der Waals surface area contributed by atoms with E-state index in [1.165, 1.54) is 31.5 Å². The van der Waals surface area contributed by atoms with Crippen LogP contribution in [-0.2, 0) is 11.3 Å². The largest absolute Gasteiger partial charge is 0.467 e. The number of carbonyl (C=O) groups excluding carboxylic acids is 2. The number of hydrogen-bond acceptors (Lipinski definition) is 6. The molecule has 8 heteroatoms. The number of anilines is 2. The van der Waals surface area contributed by atoms with E-state index in [1.807, 2.05) is 6.07 Å². The summed E-state index contributed by atoms with van der Waals surface area (Å²) in [4.78, 5) is 28.4. The van der Waals surface area contributed by atoms with Crippen LogP contribution in [0.1, 0.15) is 26.5 Å². The second-order valence-corrected chi connectivity index (χ2v) is 5.91. The lowest BCUT2D eigenvalue weighted by atomic mass is 10.2. The van der Waals surface area contributed by atoms with Gasteiger partial charge in [-0.25, -0.2) is 9.78 Å². The highest BCUT2D eigenvalue weighted by Gasteiger charge is 2.13. The Bertz CT molecular complexity index is 957. The first-order chi connectivity index (χ1) is 13.1. The number of amides is 1. The molecule has 0 saturated carbocycles. The zero-order chi connectivity index (χ0) is 19.2. The summed E-state index contributed by atoms with van der Waals surface area (Å²) in [6, 6.07) is 11.3. The Morgan fingerprint density at radius 1 is 1.19 bits per heavy atom. The van der Waals surface area contributed by atoms with Crippen LogP contribution in [0.15, 0.2) is 59.3 Å². The molecule has 2 heterocycles. The normalized spacial score (nSPS) is 10.3. The molecule has 27 heavy (non-hydrogen) atoms. The summed E-state index contributed by atoms with van der Waals surface area (Å²) in [7, 11) is 1.28. The minimum Gasteiger partial charge on any atom is -0.467 e. The number of aromatic nitrogens is 1. The van der Waals surface area contributed by atoms with Crippen molar-refractivity contribution in [3.05, 3.63) is 76.8 Å². The van der Waals surface area contributed by atoms with Crippen LogP contribution in [0.2, 0.25) is 5.02 Å². The number of pyridine rings is 1. The molecular weight excluding hydrogens is 370 g/mol. The topological polar surface area (TPSA) is 93.5 Å². The lowest BCUT2D eigenvalue weighted by Crippen LogP contribution is -2.14. The Kier molecular flexibility index (Phi) is 5.73. The molecule has 138 valence electrons. The highest BCUT2D eigenvalue weighted by Crippen LogP contribution is 2.24. The fourth-order valence-electron chi connectivity index (χ4n) is 2.32. The Balaban J connectivity index is 1.72. The summed E-state index contributed by atoms with van der Waals surface area (Å²) in [5.41, 5.74) is 0.977. The van der Waals surface area contributed by atoms with Gasteiger partial charge in [-0.05, 0) is 42.5 Å². The third-order valence-electron chi connectivity index (χ3n) is 3.68. The monoisotopic (exact) mass is 385 g/mol. The van der Waals surface area contributed by atoms with Gasteiger partial charge in [0.2, 0.25) is 0 Å². The molecule has 0 bridgehead atoms. The lowest BCUT2D eigenvalue weighted by Gasteiger charge is -2.10. The molecule has 3 rings (SSSR count). The van der Waals surface area contributed by atoms with Crippen molar-refractivity contribution in [1.82, 2.24) is 4.98 Å². The second-order valence-electron chi connectivity index (χ2n) is 5.50. The van der Waals surface area contributed by atoms with Crippen molar-refractivity contribution < 1.29 is 18.7 Å². The first kappa shape index (κ1) is 18.5. The summed E-state index contributed by atoms with van der Waals surface area (Å²) in [6.07, 6.45) is 3.10. The van der Waals surface area contributed by atoms with Gasteiger partial charge >= 0.3 is 5.97 Å². The molecule has 0 atom stereocenters. The summed E-state index contributed by atoms with van der Waals surface area (Å²) in [5.74, 6) is 0.365. The number of methoxy groups -OCH3 is 1. The number of nitrogens with zero attached hydrogens (tertiary/aromatic N) is 1. The Morgan fingerprint density at radius 3 is 2.78 bits per heavy atom. The maximum Gasteiger partial charge on any atom is 0.337 e. The van der Waals surface area contributed by atoms with Crippen molar-refractivity contribution in [1.29, 1.82) is 0 Å². The molecule has 1 amide bonds. The molecule has 1 aromatic carbocycles. The van der Waals surface area contributed by atoms with Gasteiger partial charge in [-0.15, -0.1) is 0 Å². The van der Waals surface area contributed by atoms with E-state index >= 15 is 0 Å². The van der Waals surface area contributed by atoms with Gasteiger partial charge in [-0.3, -0.25) is 4.79 Å². The molecule has 2 N–H and O–H groups in total. The smallest absolute Gasteiger partial charge is 0.337 e. The lowest BCUT2D eigenvalue weighted by molar-refractivity contribution is 0.0600. The molecule has 0 radical (unpaired) electrons. The van der Waals surface area contributed by atoms with Crippen molar-refractivity contribution in [2.45, 2.75) is 6.54 Å². The Labute approximate surface area is 160 Å². The van der Waals surface area contributed by atoms with E-state index in [4.69, 9.17) is 16.0 Å². The van der Waals surface area contributed by atoms with Gasteiger partial charge in [0.05, 0.1) is 36.2 Å². The van der Waals surface area contributed by atoms with Gasteiger partial charge < -0.3 is 19.8 Å². The van der Waals surface area contributed by atoms with Gasteiger partial charge in [0.25, 0.3) is 5.91 Å². The molecule has 0 aliphatic carbocycles. The molecule has 7 nitrogen and oxygen atoms in total. The van der Waals surface area contributed by atoms with Gasteiger partial charge in [0, 0.05) is 11.8 Å². The molecule has 2 aromatic heterocycles. The fraction of sp³-hybridized carbons (Fsp3) is 0.105. The van der Waals surface area contributed by atoms with E-state index in [0.717, 1.165) is 5.76 Å². The molecule has 0 unspecified atom stereocenters. The summed E-state index contributed by atoms with van der Waals surface area (Å²) >= 11 is 6.11. The predicted molar refractivity (Wildman–Crippen MR) is 101 cm³/mol. The SMILES string of the molecule is COC(=O)c1ccc(Cl)c(NC(=O)c2ccnc(NCc3ccco3)c2)c1. The van der Waals surface area contributed by atoms with E-state index in [2.05, 4.69) is 20.4 Å². The Hall–Kier alpha value is -3.32. The van der Waals surface area contributed by atoms with E-state index < -0.39 is 5.97 Å². The highest BCUT2D eigenvalue weighted by molar-refractivity contribution is 6.34. The first-order valence-electron chi connectivity index (χ1n) is 7.98. The number of benzene rings is 1. The number of hydrogen-bond donors (Lipinski definition) is 2. The van der Waals surface area contributed by atoms with Crippen LogP contribution in [0.4, 0.5) is 11.5 Å². The minimum atomic E-state index is -0.518. The third-order valence-corrected chi connectivity index (χ3v) is 4.01. The van der Waals surface area contributed by atoms with Crippen molar-refractivity contribution in [2.75, 3.05) is 17.7 Å². The zero-order valence-electron chi connectivity index (χ0n) is 14.4. The number of nitrogens with one attached hydrogen (secondary N) is 2. The second kappa shape index (κ2) is 8.37. The molecular formula is C19H16ClN3O4. The van der Waals surface area contributed by atoms with Gasteiger partial charge in [0.15, 0.2) is 0 Å². The molecule has 0 saturated heterocycles. The number of esters is 1. The average molecular weight is 386 g/mol. The maximum absolute atomic E-state index is 12.5. The number of furan rings is 1. The predicted octanol–water partition coefficient (Wildman–Crippen LogP) is 3.98. The van der Waals surface area contributed by atoms with E-state index in [-0.39, 0.29) is 11.5 Å². The van der Waals surface area contributed by atoms with Crippen LogP contribution in [0.25, 0.3) is 0 Å². The molecule has 0 aliphatic rings. The van der Waals surface area contributed by atoms with Crippen molar-refractivity contribution in [2.24, 2.45) is 0 Å². The Morgan fingerprint density at radius 2 is 2.04 bits per heavy atom. The molecule has 0 fully saturated rings. The highest BCUT2D eigenvalue weighted by atomic mass is 35.5. The van der Waals surface area contributed by atoms with E-state index in [9.17, 15) is 9.59 Å². The van der Waals surface area contributed by atoms with Crippen molar-refractivity contribution in [3.63, 3.8) is 0 Å². The standard InChI is InChI=1S/C19H16ClN3O4/c1-26-19(25)13-4-5-15(20)16(9-13)23-18(24)12-6-7-21-17(10-12)22-11-14-3-2-8-27-14/h2-10H,11H2,1H3,(H,21,22)(H,23,24). The summed E-state index contributed by atoms with van der Waals surface area (Å²) < 4.78 is 9.92.